The summed E-state index contributed by atoms with van der Waals surface area (Å²) in [6.45, 7) is 8.05. The molecule has 228 valence electrons. The summed E-state index contributed by atoms with van der Waals surface area (Å²) in [5.41, 5.74) is 5.34. The van der Waals surface area contributed by atoms with Crippen LogP contribution in [0.3, 0.4) is 0 Å². The van der Waals surface area contributed by atoms with Gasteiger partial charge in [-0.1, -0.05) is 66.7 Å². The van der Waals surface area contributed by atoms with Crippen molar-refractivity contribution in [3.63, 3.8) is 0 Å². The minimum atomic E-state index is -4.58. The number of Topliss-reactive ketones (excluding diaryl/α,β-unsaturated/α-hetero) is 1. The fraction of sp³-hybridized carbons (Fsp3) is 0.278. The molecule has 0 aliphatic rings. The van der Waals surface area contributed by atoms with Gasteiger partial charge in [-0.2, -0.15) is 13.2 Å². The molecule has 5 rings (SSSR count). The van der Waals surface area contributed by atoms with Crippen LogP contribution in [0, 0.1) is 6.92 Å². The first-order valence-corrected chi connectivity index (χ1v) is 14.4. The fourth-order valence-corrected chi connectivity index (χ4v) is 5.50. The van der Waals surface area contributed by atoms with Gasteiger partial charge in [0.05, 0.1) is 12.1 Å². The normalized spacial score (nSPS) is 12.3. The number of hydrogen-bond donors (Lipinski definition) is 0. The van der Waals surface area contributed by atoms with E-state index in [1.165, 1.54) is 6.07 Å². The van der Waals surface area contributed by atoms with E-state index in [0.29, 0.717) is 18.7 Å². The van der Waals surface area contributed by atoms with E-state index < -0.39 is 17.4 Å². The maximum absolute atomic E-state index is 13.3. The van der Waals surface area contributed by atoms with E-state index in [1.807, 2.05) is 91.5 Å². The Kier molecular flexibility index (Phi) is 8.40. The van der Waals surface area contributed by atoms with Gasteiger partial charge in [0.2, 0.25) is 5.76 Å². The Morgan fingerprint density at radius 3 is 2.23 bits per heavy atom. The third kappa shape index (κ3) is 6.26. The summed E-state index contributed by atoms with van der Waals surface area (Å²) in [4.78, 5) is 27.3. The maximum atomic E-state index is 13.3. The van der Waals surface area contributed by atoms with Crippen molar-refractivity contribution >= 4 is 16.7 Å². The Morgan fingerprint density at radius 1 is 0.864 bits per heavy atom. The van der Waals surface area contributed by atoms with Gasteiger partial charge in [0, 0.05) is 36.5 Å². The van der Waals surface area contributed by atoms with Crippen molar-refractivity contribution in [2.75, 3.05) is 0 Å². The smallest absolute Gasteiger partial charge is 0.449 e. The highest BCUT2D eigenvalue weighted by Gasteiger charge is 2.35. The molecule has 2 heterocycles. The van der Waals surface area contributed by atoms with Gasteiger partial charge in [-0.05, 0) is 73.7 Å². The average molecular weight is 601 g/mol. The second kappa shape index (κ2) is 11.9. The van der Waals surface area contributed by atoms with Crippen LogP contribution in [0.25, 0.3) is 22.0 Å². The zero-order chi connectivity index (χ0) is 31.8. The second-order valence-electron chi connectivity index (χ2n) is 11.9. The lowest BCUT2D eigenvalue weighted by Gasteiger charge is -2.24. The van der Waals surface area contributed by atoms with E-state index in [1.54, 1.807) is 25.5 Å². The number of carbonyl (C=O) groups is 1. The van der Waals surface area contributed by atoms with Gasteiger partial charge in [0.15, 0.2) is 0 Å². The second-order valence-corrected chi connectivity index (χ2v) is 11.9. The molecule has 0 fully saturated rings. The molecule has 2 aromatic heterocycles. The number of pyridine rings is 1. The molecule has 44 heavy (non-hydrogen) atoms. The molecular weight excluding hydrogens is 565 g/mol. The molecule has 0 saturated heterocycles. The van der Waals surface area contributed by atoms with Crippen LogP contribution in [-0.2, 0) is 43.1 Å². The number of ketones is 1. The number of furan rings is 1. The zero-order valence-electron chi connectivity index (χ0n) is 25.5. The van der Waals surface area contributed by atoms with Crippen LogP contribution in [0.5, 0.6) is 0 Å². The minimum absolute atomic E-state index is 0.0864. The lowest BCUT2D eigenvalue weighted by molar-refractivity contribution is -0.153. The van der Waals surface area contributed by atoms with Gasteiger partial charge in [0.25, 0.3) is 5.56 Å². The third-order valence-electron chi connectivity index (χ3n) is 8.53. The molecule has 3 aromatic carbocycles. The number of halogens is 3. The number of hydrogen-bond acceptors (Lipinski definition) is 4. The van der Waals surface area contributed by atoms with Crippen LogP contribution in [0.2, 0.25) is 0 Å². The molecule has 0 amide bonds. The fourth-order valence-electron chi connectivity index (χ4n) is 5.50. The number of para-hydroxylation sites is 1. The van der Waals surface area contributed by atoms with Crippen molar-refractivity contribution in [1.82, 2.24) is 9.47 Å². The standard InChI is InChI=1S/C36H35F3N2O3/c1-23-31(30-11-6-7-12-32(30)40(5)34(23)43)22-41(21-29-17-18-33(44-29)36(37,38)39)20-25-13-15-26(16-14-25)27-9-8-10-28(19-27)35(3,4)24(2)42/h6-19H,20-22H2,1-5H3. The summed E-state index contributed by atoms with van der Waals surface area (Å²) in [7, 11) is 1.74. The summed E-state index contributed by atoms with van der Waals surface area (Å²) < 4.78 is 46.7. The van der Waals surface area contributed by atoms with Gasteiger partial charge in [-0.15, -0.1) is 0 Å². The highest BCUT2D eigenvalue weighted by molar-refractivity contribution is 5.87. The number of benzene rings is 3. The lowest BCUT2D eigenvalue weighted by atomic mass is 9.80. The van der Waals surface area contributed by atoms with E-state index in [-0.39, 0.29) is 23.6 Å². The van der Waals surface area contributed by atoms with E-state index in [9.17, 15) is 22.8 Å². The van der Waals surface area contributed by atoms with Crippen molar-refractivity contribution in [1.29, 1.82) is 0 Å². The molecular formula is C36H35F3N2O3. The van der Waals surface area contributed by atoms with Gasteiger partial charge in [0.1, 0.15) is 11.5 Å². The number of fused-ring (bicyclic) bond motifs is 1. The first kappa shape index (κ1) is 31.0. The van der Waals surface area contributed by atoms with Crippen LogP contribution in [0.4, 0.5) is 13.2 Å². The SMILES string of the molecule is CC(=O)C(C)(C)c1cccc(-c2ccc(CN(Cc3ccc(C(F)(F)F)o3)Cc3c(C)c(=O)n(C)c4ccccc34)cc2)c1. The summed E-state index contributed by atoms with van der Waals surface area (Å²) in [5, 5.41) is 0.913. The number of nitrogens with zero attached hydrogens (tertiary/aromatic N) is 2. The summed E-state index contributed by atoms with van der Waals surface area (Å²) >= 11 is 0. The molecule has 0 bridgehead atoms. The predicted octanol–water partition coefficient (Wildman–Crippen LogP) is 8.19. The number of aromatic nitrogens is 1. The van der Waals surface area contributed by atoms with E-state index in [0.717, 1.165) is 44.8 Å². The largest absolute Gasteiger partial charge is 0.455 e. The molecule has 0 N–H and O–H groups in total. The highest BCUT2D eigenvalue weighted by Crippen LogP contribution is 2.32. The summed E-state index contributed by atoms with van der Waals surface area (Å²) in [6.07, 6.45) is -4.58. The average Bonchev–Trinajstić information content (AvgIpc) is 3.48. The van der Waals surface area contributed by atoms with Crippen LogP contribution >= 0.6 is 0 Å². The first-order valence-electron chi connectivity index (χ1n) is 14.4. The molecule has 0 spiro atoms. The van der Waals surface area contributed by atoms with Crippen LogP contribution in [0.15, 0.2) is 94.1 Å². The van der Waals surface area contributed by atoms with Crippen LogP contribution in [-0.4, -0.2) is 15.3 Å². The third-order valence-corrected chi connectivity index (χ3v) is 8.53. The number of rotatable bonds is 9. The molecule has 0 saturated carbocycles. The van der Waals surface area contributed by atoms with E-state index in [4.69, 9.17) is 4.42 Å². The molecule has 0 unspecified atom stereocenters. The van der Waals surface area contributed by atoms with E-state index in [2.05, 4.69) is 0 Å². The van der Waals surface area contributed by atoms with Crippen molar-refractivity contribution < 1.29 is 22.4 Å². The Hall–Kier alpha value is -4.43. The van der Waals surface area contributed by atoms with Crippen LogP contribution in [0.1, 0.15) is 54.5 Å². The lowest BCUT2D eigenvalue weighted by Crippen LogP contribution is -2.27. The Balaban J connectivity index is 1.47. The maximum Gasteiger partial charge on any atom is 0.449 e. The summed E-state index contributed by atoms with van der Waals surface area (Å²) in [6, 6.07) is 25.8. The van der Waals surface area contributed by atoms with Crippen molar-refractivity contribution in [3.8, 4) is 11.1 Å². The monoisotopic (exact) mass is 600 g/mol. The molecule has 5 nitrogen and oxygen atoms in total. The van der Waals surface area contributed by atoms with Gasteiger partial charge >= 0.3 is 6.18 Å². The quantitative estimate of drug-likeness (QED) is 0.171. The molecule has 5 aromatic rings. The molecule has 0 aliphatic heterocycles. The Morgan fingerprint density at radius 2 is 1.57 bits per heavy atom. The Labute approximate surface area is 254 Å². The molecule has 0 radical (unpaired) electrons. The molecule has 0 atom stereocenters. The van der Waals surface area contributed by atoms with Gasteiger partial charge < -0.3 is 8.98 Å². The van der Waals surface area contributed by atoms with Crippen LogP contribution < -0.4 is 5.56 Å². The van der Waals surface area contributed by atoms with Gasteiger partial charge in [-0.25, -0.2) is 0 Å². The van der Waals surface area contributed by atoms with Gasteiger partial charge in [-0.3, -0.25) is 14.5 Å². The molecule has 8 heteroatoms. The highest BCUT2D eigenvalue weighted by atomic mass is 19.4. The van der Waals surface area contributed by atoms with Crippen molar-refractivity contribution in [2.24, 2.45) is 7.05 Å². The number of alkyl halides is 3. The first-order chi connectivity index (χ1) is 20.8. The predicted molar refractivity (Wildman–Crippen MR) is 166 cm³/mol. The molecule has 0 aliphatic carbocycles. The van der Waals surface area contributed by atoms with E-state index >= 15 is 0 Å². The van der Waals surface area contributed by atoms with Crippen molar-refractivity contribution in [2.45, 2.75) is 58.9 Å². The number of aryl methyl sites for hydroxylation is 1. The van der Waals surface area contributed by atoms with Crippen molar-refractivity contribution in [3.05, 3.63) is 129 Å². The summed E-state index contributed by atoms with van der Waals surface area (Å²) in [5.74, 6) is -0.768. The zero-order valence-corrected chi connectivity index (χ0v) is 25.5. The number of carbonyl (C=O) groups excluding carboxylic acids is 1. The minimum Gasteiger partial charge on any atom is -0.455 e. The Bertz CT molecular complexity index is 1880. The topological polar surface area (TPSA) is 55.5 Å².